The second kappa shape index (κ2) is 9.05. The number of para-hydroxylation sites is 1. The average Bonchev–Trinajstić information content (AvgIpc) is 2.68. The molecule has 1 atom stereocenters. The van der Waals surface area contributed by atoms with Crippen LogP contribution < -0.4 is 15.4 Å². The first-order chi connectivity index (χ1) is 13.6. The molecule has 0 aromatic heterocycles. The monoisotopic (exact) mass is 382 g/mol. The summed E-state index contributed by atoms with van der Waals surface area (Å²) >= 11 is 0. The Morgan fingerprint density at radius 1 is 1.04 bits per heavy atom. The Labute approximate surface area is 163 Å². The lowest BCUT2D eigenvalue weighted by Gasteiger charge is -2.28. The van der Waals surface area contributed by atoms with Gasteiger partial charge in [-0.2, -0.15) is 0 Å². The molecule has 7 nitrogen and oxygen atoms in total. The summed E-state index contributed by atoms with van der Waals surface area (Å²) in [5.74, 6) is 0.780. The van der Waals surface area contributed by atoms with Crippen molar-refractivity contribution in [2.45, 2.75) is 13.0 Å². The number of carbonyl (C=O) groups excluding carboxylic acids is 2. The number of methoxy groups -OCH3 is 1. The highest BCUT2D eigenvalue weighted by Gasteiger charge is 2.32. The molecule has 1 aliphatic rings. The zero-order valence-corrected chi connectivity index (χ0v) is 15.7. The summed E-state index contributed by atoms with van der Waals surface area (Å²) in [6.45, 7) is 2.09. The largest absolute Gasteiger partial charge is 0.460 e. The Balaban J connectivity index is 1.87. The van der Waals surface area contributed by atoms with Crippen LogP contribution in [0.25, 0.3) is 0 Å². The summed E-state index contributed by atoms with van der Waals surface area (Å²) in [7, 11) is 1.53. The van der Waals surface area contributed by atoms with Crippen molar-refractivity contribution >= 4 is 12.0 Å². The molecule has 0 bridgehead atoms. The molecule has 1 unspecified atom stereocenters. The SMILES string of the molecule is COCCOC(=O)C1=C(C)NC(=O)NC1c1cccc(Oc2ccccc2)c1. The number of rotatable bonds is 7. The number of urea groups is 1. The van der Waals surface area contributed by atoms with Crippen LogP contribution in [0.1, 0.15) is 18.5 Å². The molecule has 0 spiro atoms. The number of nitrogens with one attached hydrogen (secondary N) is 2. The molecule has 0 fully saturated rings. The lowest BCUT2D eigenvalue weighted by molar-refractivity contribution is -0.140. The summed E-state index contributed by atoms with van der Waals surface area (Å²) < 4.78 is 16.0. The van der Waals surface area contributed by atoms with Crippen LogP contribution in [-0.2, 0) is 14.3 Å². The molecule has 1 heterocycles. The molecular formula is C21H22N2O5. The van der Waals surface area contributed by atoms with Gasteiger partial charge in [0.05, 0.1) is 18.2 Å². The van der Waals surface area contributed by atoms with Crippen LogP contribution in [-0.4, -0.2) is 32.3 Å². The molecule has 0 radical (unpaired) electrons. The van der Waals surface area contributed by atoms with E-state index in [1.54, 1.807) is 13.0 Å². The molecule has 28 heavy (non-hydrogen) atoms. The van der Waals surface area contributed by atoms with Crippen LogP contribution in [0.2, 0.25) is 0 Å². The van der Waals surface area contributed by atoms with Crippen molar-refractivity contribution < 1.29 is 23.8 Å². The van der Waals surface area contributed by atoms with Crippen LogP contribution >= 0.6 is 0 Å². The van der Waals surface area contributed by atoms with Gasteiger partial charge < -0.3 is 24.8 Å². The third kappa shape index (κ3) is 4.69. The lowest BCUT2D eigenvalue weighted by Crippen LogP contribution is -2.45. The molecule has 3 rings (SSSR count). The molecule has 0 aliphatic carbocycles. The number of hydrogen-bond donors (Lipinski definition) is 2. The summed E-state index contributed by atoms with van der Waals surface area (Å²) in [4.78, 5) is 24.6. The van der Waals surface area contributed by atoms with E-state index in [1.807, 2.05) is 48.5 Å². The van der Waals surface area contributed by atoms with Gasteiger partial charge in [0.15, 0.2) is 0 Å². The fraction of sp³-hybridized carbons (Fsp3) is 0.238. The molecule has 2 N–H and O–H groups in total. The number of amides is 2. The van der Waals surface area contributed by atoms with Gasteiger partial charge in [0.2, 0.25) is 0 Å². The van der Waals surface area contributed by atoms with E-state index in [1.165, 1.54) is 7.11 Å². The van der Waals surface area contributed by atoms with Crippen molar-refractivity contribution in [3.63, 3.8) is 0 Å². The van der Waals surface area contributed by atoms with E-state index in [2.05, 4.69) is 10.6 Å². The van der Waals surface area contributed by atoms with Gasteiger partial charge in [-0.15, -0.1) is 0 Å². The second-order valence-electron chi connectivity index (χ2n) is 6.19. The Morgan fingerprint density at radius 3 is 2.54 bits per heavy atom. The van der Waals surface area contributed by atoms with E-state index in [0.29, 0.717) is 34.9 Å². The number of esters is 1. The Bertz CT molecular complexity index is 879. The summed E-state index contributed by atoms with van der Waals surface area (Å²) in [5, 5.41) is 5.40. The van der Waals surface area contributed by atoms with Crippen LogP contribution in [0.5, 0.6) is 11.5 Å². The molecule has 2 aromatic carbocycles. The van der Waals surface area contributed by atoms with Crippen molar-refractivity contribution in [3.05, 3.63) is 71.4 Å². The minimum absolute atomic E-state index is 0.129. The topological polar surface area (TPSA) is 85.9 Å². The quantitative estimate of drug-likeness (QED) is 0.567. The molecule has 0 saturated heterocycles. The Morgan fingerprint density at radius 2 is 1.79 bits per heavy atom. The fourth-order valence-electron chi connectivity index (χ4n) is 2.89. The van der Waals surface area contributed by atoms with Gasteiger partial charge in [-0.05, 0) is 36.8 Å². The summed E-state index contributed by atoms with van der Waals surface area (Å²) in [6, 6.07) is 15.6. The Kier molecular flexibility index (Phi) is 6.29. The zero-order valence-electron chi connectivity index (χ0n) is 15.7. The fourth-order valence-corrected chi connectivity index (χ4v) is 2.89. The molecule has 2 aromatic rings. The van der Waals surface area contributed by atoms with Gasteiger partial charge >= 0.3 is 12.0 Å². The van der Waals surface area contributed by atoms with Gasteiger partial charge in [-0.25, -0.2) is 9.59 Å². The third-order valence-electron chi connectivity index (χ3n) is 4.18. The zero-order chi connectivity index (χ0) is 19.9. The first kappa shape index (κ1) is 19.4. The maximum absolute atomic E-state index is 12.6. The van der Waals surface area contributed by atoms with E-state index < -0.39 is 12.0 Å². The van der Waals surface area contributed by atoms with Gasteiger partial charge in [-0.1, -0.05) is 30.3 Å². The minimum Gasteiger partial charge on any atom is -0.460 e. The van der Waals surface area contributed by atoms with Crippen molar-refractivity contribution in [1.82, 2.24) is 10.6 Å². The normalized spacial score (nSPS) is 16.2. The van der Waals surface area contributed by atoms with Crippen LogP contribution in [0, 0.1) is 0 Å². The number of benzene rings is 2. The maximum atomic E-state index is 12.6. The van der Waals surface area contributed by atoms with E-state index >= 15 is 0 Å². The molecule has 1 aliphatic heterocycles. The molecule has 146 valence electrons. The predicted octanol–water partition coefficient (Wildman–Crippen LogP) is 3.30. The third-order valence-corrected chi connectivity index (χ3v) is 4.18. The van der Waals surface area contributed by atoms with E-state index in [0.717, 1.165) is 0 Å². The highest BCUT2D eigenvalue weighted by atomic mass is 16.6. The highest BCUT2D eigenvalue weighted by molar-refractivity contribution is 5.95. The van der Waals surface area contributed by atoms with E-state index in [-0.39, 0.29) is 12.6 Å². The molecular weight excluding hydrogens is 360 g/mol. The number of ether oxygens (including phenoxy) is 3. The summed E-state index contributed by atoms with van der Waals surface area (Å²) in [6.07, 6.45) is 0. The van der Waals surface area contributed by atoms with Crippen LogP contribution in [0.3, 0.4) is 0 Å². The summed E-state index contributed by atoms with van der Waals surface area (Å²) in [5.41, 5.74) is 1.50. The number of allylic oxidation sites excluding steroid dienone is 1. The van der Waals surface area contributed by atoms with Crippen molar-refractivity contribution in [2.75, 3.05) is 20.3 Å². The van der Waals surface area contributed by atoms with Crippen molar-refractivity contribution in [3.8, 4) is 11.5 Å². The van der Waals surface area contributed by atoms with Crippen molar-refractivity contribution in [1.29, 1.82) is 0 Å². The Hall–Kier alpha value is -3.32. The first-order valence-corrected chi connectivity index (χ1v) is 8.85. The maximum Gasteiger partial charge on any atom is 0.338 e. The van der Waals surface area contributed by atoms with Gasteiger partial charge in [0, 0.05) is 12.8 Å². The van der Waals surface area contributed by atoms with E-state index in [9.17, 15) is 9.59 Å². The molecule has 0 saturated carbocycles. The standard InChI is InChI=1S/C21H22N2O5/c1-14-18(20(24)27-12-11-26-2)19(23-21(25)22-14)15-7-6-10-17(13-15)28-16-8-4-3-5-9-16/h3-10,13,19H,11-12H2,1-2H3,(H2,22,23,25). The van der Waals surface area contributed by atoms with E-state index in [4.69, 9.17) is 14.2 Å². The highest BCUT2D eigenvalue weighted by Crippen LogP contribution is 2.31. The lowest BCUT2D eigenvalue weighted by atomic mass is 9.95. The minimum atomic E-state index is -0.650. The molecule has 7 heteroatoms. The molecule has 2 amide bonds. The van der Waals surface area contributed by atoms with Gasteiger partial charge in [-0.3, -0.25) is 0 Å². The average molecular weight is 382 g/mol. The van der Waals surface area contributed by atoms with Crippen molar-refractivity contribution in [2.24, 2.45) is 0 Å². The second-order valence-corrected chi connectivity index (χ2v) is 6.19. The number of hydrogen-bond acceptors (Lipinski definition) is 5. The smallest absolute Gasteiger partial charge is 0.338 e. The van der Waals surface area contributed by atoms with Crippen LogP contribution in [0.15, 0.2) is 65.9 Å². The van der Waals surface area contributed by atoms with Gasteiger partial charge in [0.25, 0.3) is 0 Å². The first-order valence-electron chi connectivity index (χ1n) is 8.85. The predicted molar refractivity (Wildman–Crippen MR) is 103 cm³/mol. The van der Waals surface area contributed by atoms with Gasteiger partial charge in [0.1, 0.15) is 18.1 Å². The van der Waals surface area contributed by atoms with Crippen LogP contribution in [0.4, 0.5) is 4.79 Å². The number of carbonyl (C=O) groups is 2.